The van der Waals surface area contributed by atoms with Crippen LogP contribution in [0.5, 0.6) is 0 Å². The molecule has 2 amide bonds. The number of amides is 2. The van der Waals surface area contributed by atoms with Gasteiger partial charge in [-0.2, -0.15) is 0 Å². The molecule has 0 aliphatic heterocycles. The van der Waals surface area contributed by atoms with Crippen molar-refractivity contribution in [1.82, 2.24) is 25.0 Å². The second kappa shape index (κ2) is 10.9. The highest BCUT2D eigenvalue weighted by atomic mass is 32.2. The molecule has 0 unspecified atom stereocenters. The summed E-state index contributed by atoms with van der Waals surface area (Å²) in [7, 11) is 1.79. The van der Waals surface area contributed by atoms with Crippen molar-refractivity contribution in [3.8, 4) is 0 Å². The van der Waals surface area contributed by atoms with Crippen LogP contribution in [0.4, 0.5) is 10.8 Å². The van der Waals surface area contributed by atoms with Crippen molar-refractivity contribution in [1.29, 1.82) is 0 Å². The van der Waals surface area contributed by atoms with Crippen LogP contribution in [0.15, 0.2) is 29.4 Å². The van der Waals surface area contributed by atoms with E-state index in [1.165, 1.54) is 42.4 Å². The molecule has 1 saturated carbocycles. The number of carbonyl (C=O) groups is 2. The summed E-state index contributed by atoms with van der Waals surface area (Å²) in [4.78, 5) is 24.7. The van der Waals surface area contributed by atoms with Gasteiger partial charge >= 0.3 is 0 Å². The summed E-state index contributed by atoms with van der Waals surface area (Å²) in [6.07, 6.45) is 6.15. The van der Waals surface area contributed by atoms with Crippen LogP contribution >= 0.6 is 23.1 Å². The third kappa shape index (κ3) is 6.38. The van der Waals surface area contributed by atoms with Gasteiger partial charge in [0.25, 0.3) is 0 Å². The van der Waals surface area contributed by atoms with Crippen LogP contribution in [-0.2, 0) is 23.1 Å². The highest BCUT2D eigenvalue weighted by molar-refractivity contribution is 7.99. The number of hydrogen-bond donors (Lipinski definition) is 2. The Bertz CT molecular complexity index is 1100. The molecule has 3 aromatic rings. The zero-order valence-corrected chi connectivity index (χ0v) is 20.3. The second-order valence-electron chi connectivity index (χ2n) is 8.17. The molecule has 9 nitrogen and oxygen atoms in total. The van der Waals surface area contributed by atoms with Gasteiger partial charge in [0, 0.05) is 18.7 Å². The molecule has 1 aliphatic carbocycles. The molecular formula is C22H27N7O2S2. The first-order chi connectivity index (χ1) is 16.0. The van der Waals surface area contributed by atoms with Crippen molar-refractivity contribution in [2.75, 3.05) is 16.4 Å². The largest absolute Gasteiger partial charge is 0.326 e. The van der Waals surface area contributed by atoms with E-state index in [1.807, 2.05) is 31.2 Å². The molecule has 0 bridgehead atoms. The molecule has 1 aliphatic rings. The number of hydrogen-bond acceptors (Lipinski definition) is 8. The lowest BCUT2D eigenvalue weighted by molar-refractivity contribution is -0.116. The number of nitrogens with one attached hydrogen (secondary N) is 2. The third-order valence-corrected chi connectivity index (χ3v) is 7.57. The fourth-order valence-corrected chi connectivity index (χ4v) is 5.35. The van der Waals surface area contributed by atoms with Crippen molar-refractivity contribution < 1.29 is 9.59 Å². The van der Waals surface area contributed by atoms with E-state index in [9.17, 15) is 9.59 Å². The average molecular weight is 486 g/mol. The third-order valence-electron chi connectivity index (χ3n) is 5.55. The highest BCUT2D eigenvalue weighted by Gasteiger charge is 2.20. The number of benzene rings is 1. The van der Waals surface area contributed by atoms with Gasteiger partial charge < -0.3 is 9.88 Å². The quantitative estimate of drug-likeness (QED) is 0.465. The van der Waals surface area contributed by atoms with E-state index in [4.69, 9.17) is 0 Å². The summed E-state index contributed by atoms with van der Waals surface area (Å²) in [5, 5.41) is 24.4. The summed E-state index contributed by atoms with van der Waals surface area (Å²) < 4.78 is 1.73. The molecule has 174 valence electrons. The number of carbonyl (C=O) groups excluding carboxylic acids is 2. The van der Waals surface area contributed by atoms with E-state index >= 15 is 0 Å². The maximum Gasteiger partial charge on any atom is 0.236 e. The first kappa shape index (κ1) is 23.4. The standard InChI is InChI=1S/C22H27N7O2S2/c1-14-8-10-16(11-9-14)23-18(30)12-17-25-28-22(29(17)2)32-13-19(31)24-21-27-26-20(33-21)15-6-4-3-5-7-15/h8-11,15H,3-7,12-13H2,1-2H3,(H,23,30)(H,24,27,31). The molecule has 33 heavy (non-hydrogen) atoms. The Morgan fingerprint density at radius 2 is 1.79 bits per heavy atom. The highest BCUT2D eigenvalue weighted by Crippen LogP contribution is 2.35. The van der Waals surface area contributed by atoms with E-state index in [2.05, 4.69) is 31.0 Å². The zero-order chi connectivity index (χ0) is 23.2. The molecule has 0 spiro atoms. The number of thioether (sulfide) groups is 1. The van der Waals surface area contributed by atoms with Gasteiger partial charge in [0.2, 0.25) is 16.9 Å². The van der Waals surface area contributed by atoms with Crippen molar-refractivity contribution >= 4 is 45.7 Å². The minimum Gasteiger partial charge on any atom is -0.326 e. The molecule has 4 rings (SSSR count). The van der Waals surface area contributed by atoms with E-state index < -0.39 is 0 Å². The van der Waals surface area contributed by atoms with Gasteiger partial charge in [-0.15, -0.1) is 20.4 Å². The van der Waals surface area contributed by atoms with Crippen LogP contribution in [0.3, 0.4) is 0 Å². The fourth-order valence-electron chi connectivity index (χ4n) is 3.70. The van der Waals surface area contributed by atoms with Gasteiger partial charge in [0.15, 0.2) is 5.16 Å². The van der Waals surface area contributed by atoms with Crippen LogP contribution in [0.1, 0.15) is 54.4 Å². The van der Waals surface area contributed by atoms with E-state index in [-0.39, 0.29) is 24.0 Å². The number of aromatic nitrogens is 5. The van der Waals surface area contributed by atoms with Crippen molar-refractivity contribution in [2.24, 2.45) is 7.05 Å². The smallest absolute Gasteiger partial charge is 0.236 e. The lowest BCUT2D eigenvalue weighted by Gasteiger charge is -2.18. The summed E-state index contributed by atoms with van der Waals surface area (Å²) >= 11 is 2.73. The molecule has 1 fully saturated rings. The Kier molecular flexibility index (Phi) is 7.71. The minimum atomic E-state index is -0.173. The van der Waals surface area contributed by atoms with Crippen LogP contribution in [0.25, 0.3) is 0 Å². The van der Waals surface area contributed by atoms with Crippen molar-refractivity contribution in [2.45, 2.75) is 56.5 Å². The Labute approximate surface area is 200 Å². The van der Waals surface area contributed by atoms with Crippen molar-refractivity contribution in [3.63, 3.8) is 0 Å². The van der Waals surface area contributed by atoms with Crippen LogP contribution < -0.4 is 10.6 Å². The number of aryl methyl sites for hydroxylation is 1. The minimum absolute atomic E-state index is 0.0961. The molecule has 11 heteroatoms. The van der Waals surface area contributed by atoms with Crippen LogP contribution in [0, 0.1) is 6.92 Å². The topological polar surface area (TPSA) is 115 Å². The molecule has 0 saturated heterocycles. The normalized spacial score (nSPS) is 14.2. The summed E-state index contributed by atoms with van der Waals surface area (Å²) in [5.41, 5.74) is 1.87. The van der Waals surface area contributed by atoms with Crippen LogP contribution in [-0.4, -0.2) is 42.5 Å². The van der Waals surface area contributed by atoms with Gasteiger partial charge in [-0.3, -0.25) is 14.9 Å². The Hall–Kier alpha value is -2.79. The first-order valence-electron chi connectivity index (χ1n) is 11.0. The second-order valence-corrected chi connectivity index (χ2v) is 10.1. The molecule has 0 radical (unpaired) electrons. The first-order valence-corrected chi connectivity index (χ1v) is 12.8. The van der Waals surface area contributed by atoms with Gasteiger partial charge in [-0.1, -0.05) is 60.1 Å². The summed E-state index contributed by atoms with van der Waals surface area (Å²) in [5.74, 6) is 0.821. The molecular weight excluding hydrogens is 458 g/mol. The lowest BCUT2D eigenvalue weighted by Crippen LogP contribution is -2.17. The van der Waals surface area contributed by atoms with Gasteiger partial charge in [0.05, 0.1) is 12.2 Å². The molecule has 1 aromatic carbocycles. The summed E-state index contributed by atoms with van der Waals surface area (Å²) in [6, 6.07) is 7.60. The average Bonchev–Trinajstić information content (AvgIpc) is 3.41. The lowest BCUT2D eigenvalue weighted by atomic mass is 9.90. The Balaban J connectivity index is 1.26. The maximum atomic E-state index is 12.4. The number of nitrogens with zero attached hydrogens (tertiary/aromatic N) is 5. The predicted molar refractivity (Wildman–Crippen MR) is 130 cm³/mol. The van der Waals surface area contributed by atoms with Gasteiger partial charge in [0.1, 0.15) is 10.8 Å². The van der Waals surface area contributed by atoms with Gasteiger partial charge in [-0.05, 0) is 31.9 Å². The Morgan fingerprint density at radius 1 is 1.03 bits per heavy atom. The molecule has 2 N–H and O–H groups in total. The van der Waals surface area contributed by atoms with E-state index in [1.54, 1.807) is 11.6 Å². The zero-order valence-electron chi connectivity index (χ0n) is 18.7. The fraction of sp³-hybridized carbons (Fsp3) is 0.455. The molecule has 2 aromatic heterocycles. The summed E-state index contributed by atoms with van der Waals surface area (Å²) in [6.45, 7) is 1.99. The predicted octanol–water partition coefficient (Wildman–Crippen LogP) is 3.93. The Morgan fingerprint density at radius 3 is 2.55 bits per heavy atom. The number of rotatable bonds is 8. The SMILES string of the molecule is Cc1ccc(NC(=O)Cc2nnc(SCC(=O)Nc3nnc(C4CCCCC4)s3)n2C)cc1. The van der Waals surface area contributed by atoms with Crippen molar-refractivity contribution in [3.05, 3.63) is 40.7 Å². The van der Waals surface area contributed by atoms with E-state index in [0.717, 1.165) is 29.1 Å². The monoisotopic (exact) mass is 485 g/mol. The molecule has 2 heterocycles. The maximum absolute atomic E-state index is 12.4. The van der Waals surface area contributed by atoms with E-state index in [0.29, 0.717) is 22.0 Å². The van der Waals surface area contributed by atoms with Crippen LogP contribution in [0.2, 0.25) is 0 Å². The molecule has 0 atom stereocenters. The van der Waals surface area contributed by atoms with Gasteiger partial charge in [-0.25, -0.2) is 0 Å². The number of anilines is 2.